The second-order valence-corrected chi connectivity index (χ2v) is 6.99. The first-order valence-electron chi connectivity index (χ1n) is 9.99. The Morgan fingerprint density at radius 2 is 1.89 bits per heavy atom. The van der Waals surface area contributed by atoms with Crippen LogP contribution < -0.4 is 10.6 Å². The molecule has 1 aromatic rings. The maximum atomic E-state index is 12.1. The zero-order valence-electron chi connectivity index (χ0n) is 17.7. The molecule has 0 aromatic heterocycles. The SMILES string of the molecule is CCCCN(C)CCN=C(NCC)NCCc1cccc(C(=O)N(C)C)c1. The van der Waals surface area contributed by atoms with Gasteiger partial charge in [-0.05, 0) is 51.1 Å². The number of benzene rings is 1. The molecule has 6 heteroatoms. The Bertz CT molecular complexity index is 586. The predicted octanol–water partition coefficient (Wildman–Crippen LogP) is 2.22. The number of hydrogen-bond acceptors (Lipinski definition) is 3. The van der Waals surface area contributed by atoms with E-state index >= 15 is 0 Å². The van der Waals surface area contributed by atoms with Gasteiger partial charge in [0.05, 0.1) is 6.54 Å². The molecule has 27 heavy (non-hydrogen) atoms. The quantitative estimate of drug-likeness (QED) is 0.460. The summed E-state index contributed by atoms with van der Waals surface area (Å²) in [6, 6.07) is 7.83. The van der Waals surface area contributed by atoms with E-state index in [1.54, 1.807) is 19.0 Å². The van der Waals surface area contributed by atoms with Crippen molar-refractivity contribution in [3.05, 3.63) is 35.4 Å². The summed E-state index contributed by atoms with van der Waals surface area (Å²) < 4.78 is 0. The van der Waals surface area contributed by atoms with Gasteiger partial charge in [0.25, 0.3) is 5.91 Å². The van der Waals surface area contributed by atoms with E-state index < -0.39 is 0 Å². The van der Waals surface area contributed by atoms with E-state index in [9.17, 15) is 4.79 Å². The molecule has 0 aliphatic rings. The smallest absolute Gasteiger partial charge is 0.253 e. The number of aliphatic imine (C=N–C) groups is 1. The van der Waals surface area contributed by atoms with Gasteiger partial charge in [0.15, 0.2) is 5.96 Å². The molecule has 6 nitrogen and oxygen atoms in total. The standard InChI is InChI=1S/C21H37N5O/c1-6-8-15-26(5)16-14-24-21(22-7-2)23-13-12-18-10-9-11-19(17-18)20(27)25(3)4/h9-11,17H,6-8,12-16H2,1-5H3,(H2,22,23,24). The molecule has 0 saturated carbocycles. The summed E-state index contributed by atoms with van der Waals surface area (Å²) in [5.41, 5.74) is 1.87. The van der Waals surface area contributed by atoms with E-state index in [0.29, 0.717) is 0 Å². The van der Waals surface area contributed by atoms with Crippen LogP contribution in [0.5, 0.6) is 0 Å². The molecule has 0 fully saturated rings. The third kappa shape index (κ3) is 9.43. The topological polar surface area (TPSA) is 60.0 Å². The van der Waals surface area contributed by atoms with Gasteiger partial charge in [0, 0.05) is 39.3 Å². The molecule has 1 aromatic carbocycles. The van der Waals surface area contributed by atoms with Gasteiger partial charge in [-0.2, -0.15) is 0 Å². The third-order valence-electron chi connectivity index (χ3n) is 4.28. The minimum absolute atomic E-state index is 0.0342. The van der Waals surface area contributed by atoms with Crippen LogP contribution in [0.1, 0.15) is 42.6 Å². The first-order chi connectivity index (χ1) is 13.0. The van der Waals surface area contributed by atoms with E-state index in [1.807, 2.05) is 18.2 Å². The van der Waals surface area contributed by atoms with Gasteiger partial charge in [-0.1, -0.05) is 25.5 Å². The highest BCUT2D eigenvalue weighted by atomic mass is 16.2. The highest BCUT2D eigenvalue weighted by molar-refractivity contribution is 5.94. The van der Waals surface area contributed by atoms with Crippen molar-refractivity contribution >= 4 is 11.9 Å². The summed E-state index contributed by atoms with van der Waals surface area (Å²) in [4.78, 5) is 20.7. The molecule has 0 atom stereocenters. The highest BCUT2D eigenvalue weighted by Crippen LogP contribution is 2.07. The van der Waals surface area contributed by atoms with E-state index in [1.165, 1.54) is 12.8 Å². The van der Waals surface area contributed by atoms with Crippen molar-refractivity contribution in [2.24, 2.45) is 4.99 Å². The van der Waals surface area contributed by atoms with Crippen molar-refractivity contribution < 1.29 is 4.79 Å². The van der Waals surface area contributed by atoms with Crippen molar-refractivity contribution in [2.75, 3.05) is 53.9 Å². The Balaban J connectivity index is 2.49. The normalized spacial score (nSPS) is 11.6. The largest absolute Gasteiger partial charge is 0.357 e. The average Bonchev–Trinajstić information content (AvgIpc) is 2.66. The minimum atomic E-state index is 0.0342. The van der Waals surface area contributed by atoms with Crippen molar-refractivity contribution in [2.45, 2.75) is 33.1 Å². The van der Waals surface area contributed by atoms with Crippen molar-refractivity contribution in [1.82, 2.24) is 20.4 Å². The first-order valence-corrected chi connectivity index (χ1v) is 9.99. The van der Waals surface area contributed by atoms with Crippen molar-refractivity contribution in [1.29, 1.82) is 0 Å². The van der Waals surface area contributed by atoms with E-state index in [2.05, 4.69) is 47.5 Å². The average molecular weight is 376 g/mol. The number of nitrogens with zero attached hydrogens (tertiary/aromatic N) is 3. The van der Waals surface area contributed by atoms with E-state index in [0.717, 1.165) is 56.2 Å². The molecule has 0 radical (unpaired) electrons. The molecule has 1 rings (SSSR count). The Labute approximate surface area is 165 Å². The summed E-state index contributed by atoms with van der Waals surface area (Å²) in [7, 11) is 5.69. The van der Waals surface area contributed by atoms with Gasteiger partial charge in [0.1, 0.15) is 0 Å². The summed E-state index contributed by atoms with van der Waals surface area (Å²) in [6.07, 6.45) is 3.29. The van der Waals surface area contributed by atoms with Crippen LogP contribution in [0.3, 0.4) is 0 Å². The Morgan fingerprint density at radius 1 is 1.11 bits per heavy atom. The minimum Gasteiger partial charge on any atom is -0.357 e. The van der Waals surface area contributed by atoms with Crippen LogP contribution in [-0.2, 0) is 6.42 Å². The van der Waals surface area contributed by atoms with Gasteiger partial charge >= 0.3 is 0 Å². The summed E-state index contributed by atoms with van der Waals surface area (Å²) in [5.74, 6) is 0.883. The maximum Gasteiger partial charge on any atom is 0.253 e. The van der Waals surface area contributed by atoms with E-state index in [-0.39, 0.29) is 5.91 Å². The van der Waals surface area contributed by atoms with Crippen LogP contribution >= 0.6 is 0 Å². The van der Waals surface area contributed by atoms with Gasteiger partial charge in [-0.3, -0.25) is 9.79 Å². The molecule has 0 aliphatic carbocycles. The molecule has 0 spiro atoms. The molecule has 2 N–H and O–H groups in total. The molecule has 0 aliphatic heterocycles. The molecular formula is C21H37N5O. The lowest BCUT2D eigenvalue weighted by Crippen LogP contribution is -2.39. The number of rotatable bonds is 11. The number of hydrogen-bond donors (Lipinski definition) is 2. The Hall–Kier alpha value is -2.08. The lowest BCUT2D eigenvalue weighted by molar-refractivity contribution is 0.0827. The van der Waals surface area contributed by atoms with Crippen LogP contribution in [0.4, 0.5) is 0 Å². The number of likely N-dealkylation sites (N-methyl/N-ethyl adjacent to an activating group) is 1. The number of unbranched alkanes of at least 4 members (excludes halogenated alkanes) is 1. The fraction of sp³-hybridized carbons (Fsp3) is 0.619. The molecule has 0 unspecified atom stereocenters. The number of carbonyl (C=O) groups excluding carboxylic acids is 1. The second-order valence-electron chi connectivity index (χ2n) is 6.99. The molecule has 1 amide bonds. The van der Waals surface area contributed by atoms with Crippen LogP contribution in [0, 0.1) is 0 Å². The first kappa shape index (κ1) is 23.0. The number of amides is 1. The summed E-state index contributed by atoms with van der Waals surface area (Å²) >= 11 is 0. The van der Waals surface area contributed by atoms with Gasteiger partial charge in [-0.25, -0.2) is 0 Å². The monoisotopic (exact) mass is 375 g/mol. The highest BCUT2D eigenvalue weighted by Gasteiger charge is 2.08. The molecule has 152 valence electrons. The summed E-state index contributed by atoms with van der Waals surface area (Å²) in [6.45, 7) is 8.76. The van der Waals surface area contributed by atoms with Crippen LogP contribution in [-0.4, -0.2) is 75.5 Å². The molecule has 0 heterocycles. The number of carbonyl (C=O) groups is 1. The van der Waals surface area contributed by atoms with Crippen LogP contribution in [0.2, 0.25) is 0 Å². The fourth-order valence-electron chi connectivity index (χ4n) is 2.66. The zero-order chi connectivity index (χ0) is 20.1. The van der Waals surface area contributed by atoms with Crippen molar-refractivity contribution in [3.63, 3.8) is 0 Å². The third-order valence-corrected chi connectivity index (χ3v) is 4.28. The Kier molecular flexibility index (Phi) is 11.2. The molecule has 0 bridgehead atoms. The predicted molar refractivity (Wildman–Crippen MR) is 115 cm³/mol. The Morgan fingerprint density at radius 3 is 2.56 bits per heavy atom. The van der Waals surface area contributed by atoms with Crippen LogP contribution in [0.25, 0.3) is 0 Å². The number of nitrogens with one attached hydrogen (secondary N) is 2. The zero-order valence-corrected chi connectivity index (χ0v) is 17.7. The number of guanidine groups is 1. The summed E-state index contributed by atoms with van der Waals surface area (Å²) in [5, 5.41) is 6.67. The molecule has 0 saturated heterocycles. The second kappa shape index (κ2) is 13.1. The van der Waals surface area contributed by atoms with Gasteiger partial charge in [0.2, 0.25) is 0 Å². The molecular weight excluding hydrogens is 338 g/mol. The maximum absolute atomic E-state index is 12.1. The lowest BCUT2D eigenvalue weighted by Gasteiger charge is -2.16. The fourth-order valence-corrected chi connectivity index (χ4v) is 2.66. The lowest BCUT2D eigenvalue weighted by atomic mass is 10.1. The van der Waals surface area contributed by atoms with E-state index in [4.69, 9.17) is 0 Å². The van der Waals surface area contributed by atoms with Gasteiger partial charge in [-0.15, -0.1) is 0 Å². The van der Waals surface area contributed by atoms with Crippen LogP contribution in [0.15, 0.2) is 29.3 Å². The van der Waals surface area contributed by atoms with Gasteiger partial charge < -0.3 is 20.4 Å². The van der Waals surface area contributed by atoms with Crippen molar-refractivity contribution in [3.8, 4) is 0 Å².